The molecule has 18 heavy (non-hydrogen) atoms. The highest BCUT2D eigenvalue weighted by molar-refractivity contribution is 5.49. The molecular formula is C15H23NO2. The molecule has 1 aliphatic rings. The van der Waals surface area contributed by atoms with Crippen LogP contribution in [0.2, 0.25) is 0 Å². The van der Waals surface area contributed by atoms with Crippen molar-refractivity contribution in [1.29, 1.82) is 0 Å². The molecule has 1 heterocycles. The summed E-state index contributed by atoms with van der Waals surface area (Å²) in [4.78, 5) is 2.52. The highest BCUT2D eigenvalue weighted by atomic mass is 16.5. The second-order valence-electron chi connectivity index (χ2n) is 5.16. The van der Waals surface area contributed by atoms with Crippen molar-refractivity contribution in [2.75, 3.05) is 20.8 Å². The van der Waals surface area contributed by atoms with E-state index in [4.69, 9.17) is 9.47 Å². The van der Waals surface area contributed by atoms with Gasteiger partial charge in [-0.3, -0.25) is 4.90 Å². The van der Waals surface area contributed by atoms with Crippen molar-refractivity contribution >= 4 is 0 Å². The van der Waals surface area contributed by atoms with Gasteiger partial charge < -0.3 is 9.47 Å². The lowest BCUT2D eigenvalue weighted by atomic mass is 9.92. The van der Waals surface area contributed by atoms with Gasteiger partial charge in [-0.1, -0.05) is 0 Å². The first-order chi connectivity index (χ1) is 8.58. The molecule has 3 heteroatoms. The van der Waals surface area contributed by atoms with Crippen LogP contribution in [0.1, 0.15) is 37.9 Å². The summed E-state index contributed by atoms with van der Waals surface area (Å²) in [7, 11) is 3.38. The van der Waals surface area contributed by atoms with Crippen LogP contribution < -0.4 is 9.47 Å². The third kappa shape index (κ3) is 2.19. The van der Waals surface area contributed by atoms with Gasteiger partial charge in [-0.25, -0.2) is 0 Å². The molecule has 0 aliphatic carbocycles. The maximum absolute atomic E-state index is 5.40. The Labute approximate surface area is 110 Å². The highest BCUT2D eigenvalue weighted by Gasteiger charge is 2.27. The van der Waals surface area contributed by atoms with Crippen LogP contribution in [0.5, 0.6) is 11.5 Å². The van der Waals surface area contributed by atoms with E-state index < -0.39 is 0 Å². The topological polar surface area (TPSA) is 21.7 Å². The quantitative estimate of drug-likeness (QED) is 0.822. The molecule has 1 atom stereocenters. The van der Waals surface area contributed by atoms with Crippen LogP contribution in [-0.2, 0) is 6.42 Å². The maximum atomic E-state index is 5.40. The van der Waals surface area contributed by atoms with E-state index in [0.29, 0.717) is 12.1 Å². The van der Waals surface area contributed by atoms with Crippen LogP contribution in [0.4, 0.5) is 0 Å². The lowest BCUT2D eigenvalue weighted by Gasteiger charge is -2.38. The first-order valence-corrected chi connectivity index (χ1v) is 6.59. The highest BCUT2D eigenvalue weighted by Crippen LogP contribution is 2.38. The van der Waals surface area contributed by atoms with Crippen molar-refractivity contribution in [3.8, 4) is 11.5 Å². The zero-order chi connectivity index (χ0) is 13.3. The molecule has 0 fully saturated rings. The monoisotopic (exact) mass is 249 g/mol. The summed E-state index contributed by atoms with van der Waals surface area (Å²) in [6.45, 7) is 7.88. The summed E-state index contributed by atoms with van der Waals surface area (Å²) in [6, 6.07) is 5.27. The second-order valence-corrected chi connectivity index (χ2v) is 5.16. The Morgan fingerprint density at radius 2 is 1.78 bits per heavy atom. The number of nitrogens with zero attached hydrogens (tertiary/aromatic N) is 1. The van der Waals surface area contributed by atoms with Gasteiger partial charge in [0.15, 0.2) is 11.5 Å². The third-order valence-corrected chi connectivity index (χ3v) is 3.90. The number of hydrogen-bond donors (Lipinski definition) is 0. The van der Waals surface area contributed by atoms with Gasteiger partial charge in [0.25, 0.3) is 0 Å². The summed E-state index contributed by atoms with van der Waals surface area (Å²) in [5.74, 6) is 1.66. The number of fused-ring (bicyclic) bond motifs is 1. The molecule has 0 radical (unpaired) electrons. The lowest BCUT2D eigenvalue weighted by Crippen LogP contribution is -2.38. The SMILES string of the molecule is COc1cc2c(cc1OC)[C@H](C)N(C(C)C)CC2. The van der Waals surface area contributed by atoms with Crippen molar-refractivity contribution in [3.05, 3.63) is 23.3 Å². The molecule has 1 aliphatic heterocycles. The minimum Gasteiger partial charge on any atom is -0.493 e. The van der Waals surface area contributed by atoms with Gasteiger partial charge >= 0.3 is 0 Å². The van der Waals surface area contributed by atoms with Gasteiger partial charge in [0.2, 0.25) is 0 Å². The number of ether oxygens (including phenoxy) is 2. The molecule has 0 N–H and O–H groups in total. The number of benzene rings is 1. The molecule has 2 rings (SSSR count). The lowest BCUT2D eigenvalue weighted by molar-refractivity contribution is 0.154. The Morgan fingerprint density at radius 3 is 2.33 bits per heavy atom. The Hall–Kier alpha value is -1.22. The van der Waals surface area contributed by atoms with Crippen LogP contribution in [0.3, 0.4) is 0 Å². The zero-order valence-electron chi connectivity index (χ0n) is 12.0. The predicted octanol–water partition coefficient (Wildman–Crippen LogP) is 3.03. The average Bonchev–Trinajstić information content (AvgIpc) is 2.37. The molecule has 0 aromatic heterocycles. The fourth-order valence-electron chi connectivity index (χ4n) is 2.87. The Morgan fingerprint density at radius 1 is 1.17 bits per heavy atom. The largest absolute Gasteiger partial charge is 0.493 e. The van der Waals surface area contributed by atoms with Gasteiger partial charge in [-0.15, -0.1) is 0 Å². The summed E-state index contributed by atoms with van der Waals surface area (Å²) < 4.78 is 10.8. The van der Waals surface area contributed by atoms with E-state index in [1.807, 2.05) is 0 Å². The van der Waals surface area contributed by atoms with E-state index in [1.54, 1.807) is 14.2 Å². The van der Waals surface area contributed by atoms with Crippen molar-refractivity contribution in [3.63, 3.8) is 0 Å². The van der Waals surface area contributed by atoms with Gasteiger partial charge in [0.05, 0.1) is 14.2 Å². The van der Waals surface area contributed by atoms with E-state index in [2.05, 4.69) is 37.8 Å². The molecule has 0 saturated heterocycles. The Balaban J connectivity index is 2.42. The molecule has 0 spiro atoms. The van der Waals surface area contributed by atoms with E-state index in [0.717, 1.165) is 24.5 Å². The van der Waals surface area contributed by atoms with Crippen molar-refractivity contribution in [1.82, 2.24) is 4.90 Å². The molecular weight excluding hydrogens is 226 g/mol. The van der Waals surface area contributed by atoms with Crippen molar-refractivity contribution in [2.24, 2.45) is 0 Å². The van der Waals surface area contributed by atoms with Gasteiger partial charge in [-0.2, -0.15) is 0 Å². The molecule has 1 aromatic rings. The fraction of sp³-hybridized carbons (Fsp3) is 0.600. The first-order valence-electron chi connectivity index (χ1n) is 6.59. The summed E-state index contributed by atoms with van der Waals surface area (Å²) in [5, 5.41) is 0. The third-order valence-electron chi connectivity index (χ3n) is 3.90. The fourth-order valence-corrected chi connectivity index (χ4v) is 2.87. The molecule has 0 unspecified atom stereocenters. The molecule has 0 bridgehead atoms. The number of rotatable bonds is 3. The summed E-state index contributed by atoms with van der Waals surface area (Å²) in [5.41, 5.74) is 2.75. The average molecular weight is 249 g/mol. The number of hydrogen-bond acceptors (Lipinski definition) is 3. The Bertz CT molecular complexity index is 429. The summed E-state index contributed by atoms with van der Waals surface area (Å²) >= 11 is 0. The summed E-state index contributed by atoms with van der Waals surface area (Å²) in [6.07, 6.45) is 1.08. The second kappa shape index (κ2) is 5.19. The zero-order valence-corrected chi connectivity index (χ0v) is 12.0. The minimum atomic E-state index is 0.438. The Kier molecular flexibility index (Phi) is 3.81. The van der Waals surface area contributed by atoms with Crippen LogP contribution in [0.15, 0.2) is 12.1 Å². The van der Waals surface area contributed by atoms with Crippen LogP contribution in [0, 0.1) is 0 Å². The van der Waals surface area contributed by atoms with Crippen LogP contribution in [-0.4, -0.2) is 31.7 Å². The van der Waals surface area contributed by atoms with E-state index in [-0.39, 0.29) is 0 Å². The first kappa shape index (κ1) is 13.2. The molecule has 0 amide bonds. The predicted molar refractivity (Wildman–Crippen MR) is 73.5 cm³/mol. The van der Waals surface area contributed by atoms with Crippen molar-refractivity contribution in [2.45, 2.75) is 39.3 Å². The van der Waals surface area contributed by atoms with E-state index in [9.17, 15) is 0 Å². The molecule has 0 saturated carbocycles. The van der Waals surface area contributed by atoms with Gasteiger partial charge in [0, 0.05) is 18.6 Å². The van der Waals surface area contributed by atoms with Crippen LogP contribution >= 0.6 is 0 Å². The molecule has 3 nitrogen and oxygen atoms in total. The minimum absolute atomic E-state index is 0.438. The molecule has 100 valence electrons. The van der Waals surface area contributed by atoms with E-state index in [1.165, 1.54) is 11.1 Å². The smallest absolute Gasteiger partial charge is 0.161 e. The number of methoxy groups -OCH3 is 2. The maximum Gasteiger partial charge on any atom is 0.161 e. The van der Waals surface area contributed by atoms with Gasteiger partial charge in [-0.05, 0) is 50.5 Å². The molecule has 1 aromatic carbocycles. The van der Waals surface area contributed by atoms with Crippen LogP contribution in [0.25, 0.3) is 0 Å². The van der Waals surface area contributed by atoms with Gasteiger partial charge in [0.1, 0.15) is 0 Å². The normalized spacial score (nSPS) is 19.8. The standard InChI is InChI=1S/C15H23NO2/c1-10(2)16-7-6-12-8-14(17-4)15(18-5)9-13(12)11(16)3/h8-11H,6-7H2,1-5H3/t11-/m0/s1. The van der Waals surface area contributed by atoms with E-state index >= 15 is 0 Å². The van der Waals surface area contributed by atoms with Crippen molar-refractivity contribution < 1.29 is 9.47 Å².